The molecule has 0 atom stereocenters. The van der Waals surface area contributed by atoms with Crippen molar-refractivity contribution in [2.24, 2.45) is 0 Å². The van der Waals surface area contributed by atoms with Crippen LogP contribution >= 0.6 is 11.8 Å². The number of hydrogen-bond acceptors (Lipinski definition) is 5. The van der Waals surface area contributed by atoms with E-state index in [1.165, 1.54) is 5.56 Å². The second kappa shape index (κ2) is 7.36. The van der Waals surface area contributed by atoms with E-state index in [0.717, 1.165) is 48.2 Å². The van der Waals surface area contributed by atoms with Crippen LogP contribution in [0.3, 0.4) is 0 Å². The summed E-state index contributed by atoms with van der Waals surface area (Å²) in [5, 5.41) is 0.709. The number of aryl methyl sites for hydroxylation is 1. The molecule has 1 aliphatic carbocycles. The lowest BCUT2D eigenvalue weighted by atomic mass is 9.79. The lowest BCUT2D eigenvalue weighted by Gasteiger charge is -2.32. The molecule has 1 saturated heterocycles. The average molecular weight is 398 g/mol. The van der Waals surface area contributed by atoms with Gasteiger partial charge in [-0.25, -0.2) is 4.98 Å². The quantitative estimate of drug-likeness (QED) is 0.487. The zero-order valence-corrected chi connectivity index (χ0v) is 17.8. The van der Waals surface area contributed by atoms with Gasteiger partial charge in [0.05, 0.1) is 16.9 Å². The molecule has 2 heterocycles. The molecule has 2 aliphatic rings. The van der Waals surface area contributed by atoms with Crippen LogP contribution in [0, 0.1) is 0 Å². The lowest BCUT2D eigenvalue weighted by Crippen LogP contribution is -2.41. The highest BCUT2D eigenvalue weighted by Gasteiger charge is 2.51. The van der Waals surface area contributed by atoms with Crippen LogP contribution in [-0.4, -0.2) is 28.3 Å². The summed E-state index contributed by atoms with van der Waals surface area (Å²) in [6, 6.07) is 8.29. The normalized spacial score (nSPS) is 20.2. The molecule has 1 fully saturated rings. The highest BCUT2D eigenvalue weighted by molar-refractivity contribution is 7.98. The smallest absolute Gasteiger partial charge is 0.399 e. The standard InChI is InChI=1S/C21H27BN2O3S/c1-20(2)21(3,4)27-22(26-20)15-11-9-14(10-12-15)13-28-19-23-17-8-6-5-7-16(17)18(25)24-19/h9-12H,5-8,13H2,1-4H3,(H,23,24,25). The maximum absolute atomic E-state index is 12.3. The third kappa shape index (κ3) is 3.80. The number of aromatic nitrogens is 2. The maximum atomic E-state index is 12.3. The van der Waals surface area contributed by atoms with E-state index in [0.29, 0.717) is 5.16 Å². The Morgan fingerprint density at radius 2 is 1.71 bits per heavy atom. The van der Waals surface area contributed by atoms with Crippen molar-refractivity contribution in [2.75, 3.05) is 0 Å². The molecule has 5 nitrogen and oxygen atoms in total. The number of aromatic amines is 1. The van der Waals surface area contributed by atoms with Gasteiger partial charge < -0.3 is 14.3 Å². The molecule has 0 radical (unpaired) electrons. The van der Waals surface area contributed by atoms with Crippen molar-refractivity contribution >= 4 is 24.3 Å². The predicted octanol–water partition coefficient (Wildman–Crippen LogP) is 3.24. The second-order valence-electron chi connectivity index (χ2n) is 8.62. The van der Waals surface area contributed by atoms with Gasteiger partial charge in [-0.15, -0.1) is 0 Å². The first kappa shape index (κ1) is 19.7. The van der Waals surface area contributed by atoms with Crippen LogP contribution in [0.15, 0.2) is 34.2 Å². The first-order valence-corrected chi connectivity index (χ1v) is 10.9. The molecule has 0 saturated carbocycles. The topological polar surface area (TPSA) is 64.2 Å². The van der Waals surface area contributed by atoms with Gasteiger partial charge in [0.2, 0.25) is 0 Å². The van der Waals surface area contributed by atoms with Gasteiger partial charge in [-0.05, 0) is 64.4 Å². The summed E-state index contributed by atoms with van der Waals surface area (Å²) in [7, 11) is -0.342. The summed E-state index contributed by atoms with van der Waals surface area (Å²) >= 11 is 1.57. The fourth-order valence-electron chi connectivity index (χ4n) is 3.55. The minimum absolute atomic E-state index is 0.0308. The van der Waals surface area contributed by atoms with Crippen LogP contribution < -0.4 is 11.0 Å². The molecular formula is C21H27BN2O3S. The summed E-state index contributed by atoms with van der Waals surface area (Å²) in [5.74, 6) is 0.755. The summed E-state index contributed by atoms with van der Waals surface area (Å²) in [4.78, 5) is 19.9. The lowest BCUT2D eigenvalue weighted by molar-refractivity contribution is 0.00578. The monoisotopic (exact) mass is 398 g/mol. The Bertz CT molecular complexity index is 908. The Kier molecular flexibility index (Phi) is 5.19. The summed E-state index contributed by atoms with van der Waals surface area (Å²) in [5.41, 5.74) is 3.41. The Hall–Kier alpha value is -1.57. The van der Waals surface area contributed by atoms with Crippen molar-refractivity contribution in [3.8, 4) is 0 Å². The first-order chi connectivity index (χ1) is 13.2. The molecule has 28 heavy (non-hydrogen) atoms. The molecule has 0 spiro atoms. The summed E-state index contributed by atoms with van der Waals surface area (Å²) in [6.07, 6.45) is 3.96. The van der Waals surface area contributed by atoms with E-state index in [9.17, 15) is 4.79 Å². The van der Waals surface area contributed by atoms with Gasteiger partial charge in [-0.2, -0.15) is 0 Å². The number of fused-ring (bicyclic) bond motifs is 1. The Balaban J connectivity index is 1.42. The van der Waals surface area contributed by atoms with Gasteiger partial charge in [0.1, 0.15) is 0 Å². The van der Waals surface area contributed by atoms with E-state index in [1.807, 2.05) is 0 Å². The molecule has 2 aromatic rings. The number of benzene rings is 1. The number of thioether (sulfide) groups is 1. The largest absolute Gasteiger partial charge is 0.494 e. The Morgan fingerprint density at radius 3 is 2.39 bits per heavy atom. The van der Waals surface area contributed by atoms with E-state index in [-0.39, 0.29) is 23.9 Å². The Labute approximate surface area is 170 Å². The minimum Gasteiger partial charge on any atom is -0.399 e. The van der Waals surface area contributed by atoms with Crippen molar-refractivity contribution < 1.29 is 9.31 Å². The second-order valence-corrected chi connectivity index (χ2v) is 9.59. The van der Waals surface area contributed by atoms with Crippen molar-refractivity contribution in [3.63, 3.8) is 0 Å². The molecule has 1 aromatic heterocycles. The Morgan fingerprint density at radius 1 is 1.07 bits per heavy atom. The number of nitrogens with one attached hydrogen (secondary N) is 1. The van der Waals surface area contributed by atoms with Crippen LogP contribution in [-0.2, 0) is 27.9 Å². The number of nitrogens with zero attached hydrogens (tertiary/aromatic N) is 1. The van der Waals surface area contributed by atoms with E-state index in [1.54, 1.807) is 11.8 Å². The SMILES string of the molecule is CC1(C)OB(c2ccc(CSc3nc4c(c(=O)[nH]3)CCCC4)cc2)OC1(C)C. The number of rotatable bonds is 4. The number of H-pyrrole nitrogens is 1. The van der Waals surface area contributed by atoms with Gasteiger partial charge in [0, 0.05) is 11.3 Å². The van der Waals surface area contributed by atoms with Crippen molar-refractivity contribution in [3.05, 3.63) is 51.4 Å². The fraction of sp³-hybridized carbons (Fsp3) is 0.524. The van der Waals surface area contributed by atoms with E-state index in [2.05, 4.69) is 61.9 Å². The van der Waals surface area contributed by atoms with Gasteiger partial charge in [-0.1, -0.05) is 36.0 Å². The van der Waals surface area contributed by atoms with Crippen molar-refractivity contribution in [2.45, 2.75) is 75.5 Å². The molecule has 148 valence electrons. The number of hydrogen-bond donors (Lipinski definition) is 1. The van der Waals surface area contributed by atoms with E-state index in [4.69, 9.17) is 9.31 Å². The first-order valence-electron chi connectivity index (χ1n) is 9.94. The minimum atomic E-state index is -0.342. The predicted molar refractivity (Wildman–Crippen MR) is 113 cm³/mol. The molecule has 1 N–H and O–H groups in total. The van der Waals surface area contributed by atoms with Crippen LogP contribution in [0.1, 0.15) is 57.4 Å². The zero-order chi connectivity index (χ0) is 19.9. The summed E-state index contributed by atoms with van der Waals surface area (Å²) in [6.45, 7) is 8.24. The fourth-order valence-corrected chi connectivity index (χ4v) is 4.39. The molecular weight excluding hydrogens is 371 g/mol. The molecule has 7 heteroatoms. The summed E-state index contributed by atoms with van der Waals surface area (Å²) < 4.78 is 12.2. The molecule has 1 aliphatic heterocycles. The van der Waals surface area contributed by atoms with Crippen LogP contribution in [0.25, 0.3) is 0 Å². The highest BCUT2D eigenvalue weighted by atomic mass is 32.2. The van der Waals surface area contributed by atoms with Gasteiger partial charge >= 0.3 is 7.12 Å². The van der Waals surface area contributed by atoms with Crippen LogP contribution in [0.2, 0.25) is 0 Å². The highest BCUT2D eigenvalue weighted by Crippen LogP contribution is 2.36. The van der Waals surface area contributed by atoms with Crippen LogP contribution in [0.5, 0.6) is 0 Å². The average Bonchev–Trinajstić information content (AvgIpc) is 2.88. The van der Waals surface area contributed by atoms with Crippen molar-refractivity contribution in [1.29, 1.82) is 0 Å². The molecule has 4 rings (SSSR count). The molecule has 0 bridgehead atoms. The van der Waals surface area contributed by atoms with Crippen molar-refractivity contribution in [1.82, 2.24) is 9.97 Å². The third-order valence-electron chi connectivity index (χ3n) is 6.05. The molecule has 0 unspecified atom stereocenters. The van der Waals surface area contributed by atoms with Gasteiger partial charge in [-0.3, -0.25) is 4.79 Å². The van der Waals surface area contributed by atoms with E-state index >= 15 is 0 Å². The molecule has 0 amide bonds. The molecule has 1 aromatic carbocycles. The van der Waals surface area contributed by atoms with Gasteiger partial charge in [0.25, 0.3) is 5.56 Å². The zero-order valence-electron chi connectivity index (χ0n) is 17.0. The van der Waals surface area contributed by atoms with E-state index < -0.39 is 0 Å². The third-order valence-corrected chi connectivity index (χ3v) is 6.99. The van der Waals surface area contributed by atoms with Crippen LogP contribution in [0.4, 0.5) is 0 Å². The maximum Gasteiger partial charge on any atom is 0.494 e. The van der Waals surface area contributed by atoms with Gasteiger partial charge in [0.15, 0.2) is 5.16 Å².